The molecule has 1 aliphatic rings. The van der Waals surface area contributed by atoms with Gasteiger partial charge in [-0.05, 0) is 53.4 Å². The molecule has 0 radical (unpaired) electrons. The zero-order valence-corrected chi connectivity index (χ0v) is 15.4. The van der Waals surface area contributed by atoms with Gasteiger partial charge in [-0.1, -0.05) is 0 Å². The Bertz CT molecular complexity index is 499. The molecule has 2 amide bonds. The lowest BCUT2D eigenvalue weighted by molar-refractivity contribution is -0.144. The molecule has 0 aliphatic carbocycles. The van der Waals surface area contributed by atoms with E-state index in [1.807, 2.05) is 6.92 Å². The van der Waals surface area contributed by atoms with Gasteiger partial charge in [-0.25, -0.2) is 20.4 Å². The lowest BCUT2D eigenvalue weighted by Gasteiger charge is -2.37. The van der Waals surface area contributed by atoms with Crippen LogP contribution in [0.25, 0.3) is 0 Å². The molecule has 0 unspecified atom stereocenters. The van der Waals surface area contributed by atoms with Crippen molar-refractivity contribution in [2.24, 2.45) is 0 Å². The van der Waals surface area contributed by atoms with Crippen LogP contribution in [-0.2, 0) is 9.59 Å². The maximum atomic E-state index is 11.7. The Morgan fingerprint density at radius 2 is 1.76 bits per heavy atom. The fraction of sp³-hybridized carbons (Fsp3) is 0.812. The molecule has 1 heterocycles. The van der Waals surface area contributed by atoms with Gasteiger partial charge in [0.25, 0.3) is 0 Å². The number of carbonyl (C=O) groups is 3. The van der Waals surface area contributed by atoms with Crippen molar-refractivity contribution in [1.29, 1.82) is 0 Å². The van der Waals surface area contributed by atoms with E-state index in [0.717, 1.165) is 4.90 Å². The first kappa shape index (κ1) is 21.2. The molecule has 1 aliphatic heterocycles. The molecule has 25 heavy (non-hydrogen) atoms. The highest BCUT2D eigenvalue weighted by Gasteiger charge is 2.37. The van der Waals surface area contributed by atoms with E-state index >= 15 is 0 Å². The van der Waals surface area contributed by atoms with Crippen LogP contribution in [0.5, 0.6) is 0 Å². The molecule has 5 N–H and O–H groups in total. The monoisotopic (exact) mass is 358 g/mol. The van der Waals surface area contributed by atoms with Crippen LogP contribution in [0.4, 0.5) is 4.79 Å². The summed E-state index contributed by atoms with van der Waals surface area (Å²) in [6.07, 6.45) is 1.17. The van der Waals surface area contributed by atoms with E-state index in [-0.39, 0.29) is 18.0 Å². The molecule has 1 atom stereocenters. The number of hydrogen-bond acceptors (Lipinski definition) is 5. The van der Waals surface area contributed by atoms with Gasteiger partial charge in [-0.3, -0.25) is 9.69 Å². The second-order valence-electron chi connectivity index (χ2n) is 7.61. The Kier molecular flexibility index (Phi) is 7.18. The maximum Gasteiger partial charge on any atom is 0.408 e. The third-order valence-corrected chi connectivity index (χ3v) is 4.16. The summed E-state index contributed by atoms with van der Waals surface area (Å²) in [4.78, 5) is 35.6. The van der Waals surface area contributed by atoms with Gasteiger partial charge in [0.1, 0.15) is 6.04 Å². The van der Waals surface area contributed by atoms with E-state index < -0.39 is 23.6 Å². The largest absolute Gasteiger partial charge is 0.480 e. The highest BCUT2D eigenvalue weighted by atomic mass is 16.4. The Labute approximate surface area is 148 Å². The van der Waals surface area contributed by atoms with Crippen molar-refractivity contribution < 1.29 is 24.6 Å². The number of carboxylic acid groups (broad SMARTS) is 2. The van der Waals surface area contributed by atoms with Crippen LogP contribution in [0.15, 0.2) is 0 Å². The summed E-state index contributed by atoms with van der Waals surface area (Å²) in [5.41, 5.74) is 4.98. The van der Waals surface area contributed by atoms with Crippen molar-refractivity contribution in [2.45, 2.75) is 77.0 Å². The van der Waals surface area contributed by atoms with Crippen LogP contribution in [0.3, 0.4) is 0 Å². The number of hydrazine groups is 1. The third-order valence-electron chi connectivity index (χ3n) is 4.16. The third kappa shape index (κ3) is 7.27. The summed E-state index contributed by atoms with van der Waals surface area (Å²) in [5, 5.41) is 21.5. The van der Waals surface area contributed by atoms with E-state index in [1.165, 1.54) is 0 Å². The minimum atomic E-state index is -1.25. The SMILES string of the molecule is CC1(CCC(=O)NCCCC[C@@H](C(=O)O)N(C(=O)O)C(C)(C)C)NN1. The standard InChI is InChI=1S/C16H30N4O5/c1-15(2,3)20(14(24)25)11(13(22)23)7-5-6-10-17-12(21)8-9-16(4)18-19-16/h11,18-19H,5-10H2,1-4H3,(H,17,21)(H,22,23)(H,24,25)/t11-/m0/s1. The second kappa shape index (κ2) is 8.48. The summed E-state index contributed by atoms with van der Waals surface area (Å²) >= 11 is 0. The number of carbonyl (C=O) groups excluding carboxylic acids is 1. The Morgan fingerprint density at radius 1 is 1.16 bits per heavy atom. The van der Waals surface area contributed by atoms with Gasteiger partial charge < -0.3 is 15.5 Å². The fourth-order valence-corrected chi connectivity index (χ4v) is 2.62. The highest BCUT2D eigenvalue weighted by Crippen LogP contribution is 2.21. The van der Waals surface area contributed by atoms with Crippen LogP contribution in [0.2, 0.25) is 0 Å². The van der Waals surface area contributed by atoms with Crippen molar-refractivity contribution >= 4 is 18.0 Å². The lowest BCUT2D eigenvalue weighted by Crippen LogP contribution is -2.54. The predicted octanol–water partition coefficient (Wildman–Crippen LogP) is 1.11. The molecule has 0 aromatic rings. The first-order valence-electron chi connectivity index (χ1n) is 8.52. The van der Waals surface area contributed by atoms with E-state index in [1.54, 1.807) is 20.8 Å². The fourth-order valence-electron chi connectivity index (χ4n) is 2.62. The number of rotatable bonds is 10. The number of amides is 2. The predicted molar refractivity (Wildman–Crippen MR) is 91.8 cm³/mol. The average molecular weight is 358 g/mol. The van der Waals surface area contributed by atoms with Gasteiger partial charge in [0.2, 0.25) is 5.91 Å². The smallest absolute Gasteiger partial charge is 0.408 e. The van der Waals surface area contributed by atoms with Crippen molar-refractivity contribution in [2.75, 3.05) is 6.54 Å². The molecule has 1 fully saturated rings. The molecule has 0 aromatic heterocycles. The number of nitrogens with one attached hydrogen (secondary N) is 3. The molecule has 9 heteroatoms. The Balaban J connectivity index is 2.34. The maximum absolute atomic E-state index is 11.7. The summed E-state index contributed by atoms with van der Waals surface area (Å²) in [6, 6.07) is -1.10. The van der Waals surface area contributed by atoms with Crippen molar-refractivity contribution in [3.05, 3.63) is 0 Å². The first-order valence-corrected chi connectivity index (χ1v) is 8.52. The average Bonchev–Trinajstić information content (AvgIpc) is 3.19. The highest BCUT2D eigenvalue weighted by molar-refractivity contribution is 5.79. The van der Waals surface area contributed by atoms with Crippen molar-refractivity contribution in [1.82, 2.24) is 21.1 Å². The van der Waals surface area contributed by atoms with Gasteiger partial charge in [0, 0.05) is 18.5 Å². The van der Waals surface area contributed by atoms with Gasteiger partial charge in [0.05, 0.1) is 5.66 Å². The zero-order valence-electron chi connectivity index (χ0n) is 15.4. The van der Waals surface area contributed by atoms with Gasteiger partial charge in [-0.15, -0.1) is 0 Å². The van der Waals surface area contributed by atoms with Crippen LogP contribution in [0.1, 0.15) is 59.8 Å². The number of carboxylic acids is 1. The molecule has 0 bridgehead atoms. The molecular weight excluding hydrogens is 328 g/mol. The minimum absolute atomic E-state index is 0.0478. The van der Waals surface area contributed by atoms with E-state index in [0.29, 0.717) is 32.2 Å². The normalized spacial score (nSPS) is 16.8. The van der Waals surface area contributed by atoms with Crippen molar-refractivity contribution in [3.63, 3.8) is 0 Å². The van der Waals surface area contributed by atoms with E-state index in [4.69, 9.17) is 0 Å². The van der Waals surface area contributed by atoms with Crippen LogP contribution >= 0.6 is 0 Å². The summed E-state index contributed by atoms with van der Waals surface area (Å²) in [6.45, 7) is 7.42. The van der Waals surface area contributed by atoms with Crippen LogP contribution < -0.4 is 16.2 Å². The van der Waals surface area contributed by atoms with Gasteiger partial charge >= 0.3 is 12.1 Å². The van der Waals surface area contributed by atoms with E-state index in [2.05, 4.69) is 16.2 Å². The molecule has 1 saturated heterocycles. The number of aliphatic carboxylic acids is 1. The number of nitrogens with zero attached hydrogens (tertiary/aromatic N) is 1. The van der Waals surface area contributed by atoms with Gasteiger partial charge in [0.15, 0.2) is 0 Å². The van der Waals surface area contributed by atoms with Crippen LogP contribution in [-0.4, -0.2) is 56.9 Å². The lowest BCUT2D eigenvalue weighted by atomic mass is 10.00. The number of unbranched alkanes of at least 4 members (excludes halogenated alkanes) is 1. The molecule has 9 nitrogen and oxygen atoms in total. The van der Waals surface area contributed by atoms with E-state index in [9.17, 15) is 24.6 Å². The summed E-state index contributed by atoms with van der Waals surface area (Å²) in [5.74, 6) is -1.20. The Morgan fingerprint density at radius 3 is 2.20 bits per heavy atom. The minimum Gasteiger partial charge on any atom is -0.480 e. The zero-order chi connectivity index (χ0) is 19.3. The number of hydrogen-bond donors (Lipinski definition) is 5. The Hall–Kier alpha value is -1.87. The summed E-state index contributed by atoms with van der Waals surface area (Å²) < 4.78 is 0. The first-order chi connectivity index (χ1) is 11.5. The van der Waals surface area contributed by atoms with Crippen molar-refractivity contribution in [3.8, 4) is 0 Å². The van der Waals surface area contributed by atoms with Gasteiger partial charge in [-0.2, -0.15) is 0 Å². The summed E-state index contributed by atoms with van der Waals surface area (Å²) in [7, 11) is 0. The van der Waals surface area contributed by atoms with Crippen LogP contribution in [0, 0.1) is 0 Å². The molecule has 0 spiro atoms. The molecular formula is C16H30N4O5. The molecule has 1 rings (SSSR count). The second-order valence-corrected chi connectivity index (χ2v) is 7.61. The topological polar surface area (TPSA) is 151 Å². The quantitative estimate of drug-likeness (QED) is 0.290. The molecule has 144 valence electrons. The molecule has 0 saturated carbocycles. The molecule has 0 aromatic carbocycles.